The van der Waals surface area contributed by atoms with E-state index in [-0.39, 0.29) is 11.8 Å². The van der Waals surface area contributed by atoms with Gasteiger partial charge in [0.25, 0.3) is 5.91 Å². The van der Waals surface area contributed by atoms with Gasteiger partial charge in [0.1, 0.15) is 0 Å². The minimum atomic E-state index is -0.118. The van der Waals surface area contributed by atoms with Crippen LogP contribution in [-0.2, 0) is 10.5 Å². The van der Waals surface area contributed by atoms with Crippen LogP contribution in [0.1, 0.15) is 15.9 Å². The highest BCUT2D eigenvalue weighted by molar-refractivity contribution is 7.97. The lowest BCUT2D eigenvalue weighted by atomic mass is 10.1. The standard InChI is InChI=1S/C19H21N3O2S/c1-25-13-14-3-2-4-15(11-14)19(24)21-16-5-7-17(8-6-16)22-10-9-20-18(23)12-22/h2-8,11H,9-10,12-13H2,1H3,(H,20,23)(H,21,24). The third-order valence-electron chi connectivity index (χ3n) is 4.03. The Morgan fingerprint density at radius 2 is 2.04 bits per heavy atom. The lowest BCUT2D eigenvalue weighted by Gasteiger charge is -2.28. The van der Waals surface area contributed by atoms with E-state index in [0.717, 1.165) is 29.2 Å². The molecule has 2 aromatic carbocycles. The summed E-state index contributed by atoms with van der Waals surface area (Å²) in [5.41, 5.74) is 3.52. The predicted molar refractivity (Wildman–Crippen MR) is 103 cm³/mol. The topological polar surface area (TPSA) is 61.4 Å². The van der Waals surface area contributed by atoms with E-state index in [1.54, 1.807) is 11.8 Å². The first-order valence-corrected chi connectivity index (χ1v) is 9.56. The van der Waals surface area contributed by atoms with Crippen LogP contribution < -0.4 is 15.5 Å². The zero-order chi connectivity index (χ0) is 17.6. The number of nitrogens with zero attached hydrogens (tertiary/aromatic N) is 1. The van der Waals surface area contributed by atoms with Gasteiger partial charge in [0.15, 0.2) is 0 Å². The number of carbonyl (C=O) groups is 2. The van der Waals surface area contributed by atoms with Crippen LogP contribution in [0, 0.1) is 0 Å². The largest absolute Gasteiger partial charge is 0.360 e. The zero-order valence-corrected chi connectivity index (χ0v) is 14.9. The minimum Gasteiger partial charge on any atom is -0.360 e. The van der Waals surface area contributed by atoms with E-state index in [0.29, 0.717) is 18.7 Å². The van der Waals surface area contributed by atoms with Gasteiger partial charge >= 0.3 is 0 Å². The van der Waals surface area contributed by atoms with Gasteiger partial charge in [-0.2, -0.15) is 11.8 Å². The van der Waals surface area contributed by atoms with Crippen molar-refractivity contribution >= 4 is 35.0 Å². The predicted octanol–water partition coefficient (Wildman–Crippen LogP) is 2.74. The molecule has 1 fully saturated rings. The SMILES string of the molecule is CSCc1cccc(C(=O)Nc2ccc(N3CCNC(=O)C3)cc2)c1. The second kappa shape index (κ2) is 8.07. The Morgan fingerprint density at radius 3 is 2.76 bits per heavy atom. The number of thioether (sulfide) groups is 1. The Kier molecular flexibility index (Phi) is 5.60. The summed E-state index contributed by atoms with van der Waals surface area (Å²) in [5.74, 6) is 0.806. The van der Waals surface area contributed by atoms with E-state index in [2.05, 4.69) is 10.6 Å². The van der Waals surface area contributed by atoms with Gasteiger partial charge in [-0.05, 0) is 48.2 Å². The van der Waals surface area contributed by atoms with Gasteiger partial charge in [-0.1, -0.05) is 12.1 Å². The van der Waals surface area contributed by atoms with E-state index in [9.17, 15) is 9.59 Å². The van der Waals surface area contributed by atoms with E-state index < -0.39 is 0 Å². The van der Waals surface area contributed by atoms with Gasteiger partial charge in [0, 0.05) is 35.8 Å². The molecule has 0 aliphatic carbocycles. The quantitative estimate of drug-likeness (QED) is 0.866. The molecule has 3 rings (SSSR count). The molecular weight excluding hydrogens is 334 g/mol. The van der Waals surface area contributed by atoms with E-state index in [1.807, 2.05) is 59.7 Å². The molecule has 0 atom stereocenters. The third kappa shape index (κ3) is 4.54. The number of amides is 2. The number of benzene rings is 2. The highest BCUT2D eigenvalue weighted by Gasteiger charge is 2.16. The summed E-state index contributed by atoms with van der Waals surface area (Å²) in [7, 11) is 0. The van der Waals surface area contributed by atoms with Gasteiger partial charge in [-0.25, -0.2) is 0 Å². The molecule has 25 heavy (non-hydrogen) atoms. The van der Waals surface area contributed by atoms with Crippen molar-refractivity contribution in [3.63, 3.8) is 0 Å². The average Bonchev–Trinajstić information content (AvgIpc) is 2.63. The smallest absolute Gasteiger partial charge is 0.255 e. The molecule has 2 aromatic rings. The summed E-state index contributed by atoms with van der Waals surface area (Å²) < 4.78 is 0. The first-order valence-electron chi connectivity index (χ1n) is 8.16. The van der Waals surface area contributed by atoms with Crippen LogP contribution in [0.25, 0.3) is 0 Å². The fraction of sp³-hybridized carbons (Fsp3) is 0.263. The molecule has 1 heterocycles. The van der Waals surface area contributed by atoms with Crippen molar-refractivity contribution in [2.45, 2.75) is 5.75 Å². The first kappa shape index (κ1) is 17.4. The Balaban J connectivity index is 1.65. The van der Waals surface area contributed by atoms with Crippen molar-refractivity contribution in [2.24, 2.45) is 0 Å². The van der Waals surface area contributed by atoms with Crippen LogP contribution in [0.15, 0.2) is 48.5 Å². The fourth-order valence-electron chi connectivity index (χ4n) is 2.79. The molecule has 2 N–H and O–H groups in total. The Bertz CT molecular complexity index is 762. The van der Waals surface area contributed by atoms with Crippen LogP contribution in [0.3, 0.4) is 0 Å². The molecule has 0 radical (unpaired) electrons. The molecule has 0 spiro atoms. The van der Waals surface area contributed by atoms with Gasteiger partial charge < -0.3 is 15.5 Å². The second-order valence-electron chi connectivity index (χ2n) is 5.91. The second-order valence-corrected chi connectivity index (χ2v) is 6.77. The number of hydrogen-bond donors (Lipinski definition) is 2. The molecule has 0 unspecified atom stereocenters. The van der Waals surface area contributed by atoms with Crippen molar-refractivity contribution in [2.75, 3.05) is 36.1 Å². The number of nitrogens with one attached hydrogen (secondary N) is 2. The van der Waals surface area contributed by atoms with Crippen LogP contribution in [0.5, 0.6) is 0 Å². The van der Waals surface area contributed by atoms with E-state index in [1.165, 1.54) is 0 Å². The first-order chi connectivity index (χ1) is 12.2. The van der Waals surface area contributed by atoms with Crippen LogP contribution >= 0.6 is 11.8 Å². The lowest BCUT2D eigenvalue weighted by Crippen LogP contribution is -2.47. The van der Waals surface area contributed by atoms with Crippen molar-refractivity contribution in [1.82, 2.24) is 5.32 Å². The van der Waals surface area contributed by atoms with Gasteiger partial charge in [0.2, 0.25) is 5.91 Å². The maximum atomic E-state index is 12.4. The molecular formula is C19H21N3O2S. The minimum absolute atomic E-state index is 0.0359. The van der Waals surface area contributed by atoms with E-state index in [4.69, 9.17) is 0 Å². The molecule has 0 bridgehead atoms. The lowest BCUT2D eigenvalue weighted by molar-refractivity contribution is -0.120. The maximum Gasteiger partial charge on any atom is 0.255 e. The average molecular weight is 355 g/mol. The van der Waals surface area contributed by atoms with Crippen molar-refractivity contribution in [1.29, 1.82) is 0 Å². The Labute approximate surface area is 151 Å². The Morgan fingerprint density at radius 1 is 1.24 bits per heavy atom. The van der Waals surface area contributed by atoms with Gasteiger partial charge in [-0.15, -0.1) is 0 Å². The van der Waals surface area contributed by atoms with Crippen molar-refractivity contribution < 1.29 is 9.59 Å². The van der Waals surface area contributed by atoms with Crippen LogP contribution in [-0.4, -0.2) is 37.7 Å². The highest BCUT2D eigenvalue weighted by Crippen LogP contribution is 2.19. The number of carbonyl (C=O) groups excluding carboxylic acids is 2. The molecule has 6 heteroatoms. The summed E-state index contributed by atoms with van der Waals surface area (Å²) in [6.07, 6.45) is 2.04. The van der Waals surface area contributed by atoms with Gasteiger partial charge in [-0.3, -0.25) is 9.59 Å². The van der Waals surface area contributed by atoms with Crippen LogP contribution in [0.2, 0.25) is 0 Å². The van der Waals surface area contributed by atoms with Gasteiger partial charge in [0.05, 0.1) is 6.54 Å². The molecule has 2 amide bonds. The normalized spacial score (nSPS) is 14.1. The summed E-state index contributed by atoms with van der Waals surface area (Å²) in [4.78, 5) is 25.9. The fourth-order valence-corrected chi connectivity index (χ4v) is 3.30. The third-order valence-corrected chi connectivity index (χ3v) is 4.65. The van der Waals surface area contributed by atoms with Crippen molar-refractivity contribution in [3.8, 4) is 0 Å². The summed E-state index contributed by atoms with van der Waals surface area (Å²) >= 11 is 1.73. The number of piperazine rings is 1. The summed E-state index contributed by atoms with van der Waals surface area (Å²) in [6.45, 7) is 1.82. The number of hydrogen-bond acceptors (Lipinski definition) is 4. The summed E-state index contributed by atoms with van der Waals surface area (Å²) in [6, 6.07) is 15.3. The summed E-state index contributed by atoms with van der Waals surface area (Å²) in [5, 5.41) is 5.73. The molecule has 0 saturated carbocycles. The number of rotatable bonds is 5. The molecule has 130 valence electrons. The molecule has 0 aromatic heterocycles. The zero-order valence-electron chi connectivity index (χ0n) is 14.1. The Hall–Kier alpha value is -2.47. The molecule has 1 saturated heterocycles. The molecule has 1 aliphatic rings. The van der Waals surface area contributed by atoms with Crippen molar-refractivity contribution in [3.05, 3.63) is 59.7 Å². The molecule has 5 nitrogen and oxygen atoms in total. The highest BCUT2D eigenvalue weighted by atomic mass is 32.2. The monoisotopic (exact) mass is 355 g/mol. The van der Waals surface area contributed by atoms with Crippen LogP contribution in [0.4, 0.5) is 11.4 Å². The number of anilines is 2. The maximum absolute atomic E-state index is 12.4. The molecule has 1 aliphatic heterocycles. The van der Waals surface area contributed by atoms with E-state index >= 15 is 0 Å².